The van der Waals surface area contributed by atoms with Gasteiger partial charge in [-0.1, -0.05) is 38.1 Å². The van der Waals surface area contributed by atoms with Crippen molar-refractivity contribution >= 4 is 29.6 Å². The molecule has 144 valence electrons. The van der Waals surface area contributed by atoms with E-state index in [1.165, 1.54) is 6.08 Å². The number of rotatable bonds is 6. The highest BCUT2D eigenvalue weighted by Crippen LogP contribution is 2.23. The van der Waals surface area contributed by atoms with Crippen LogP contribution in [-0.4, -0.2) is 24.5 Å². The van der Waals surface area contributed by atoms with Crippen molar-refractivity contribution in [2.24, 2.45) is 0 Å². The fraction of sp³-hybridized carbons (Fsp3) is 0.227. The maximum atomic E-state index is 12.9. The summed E-state index contributed by atoms with van der Waals surface area (Å²) in [5.74, 6) is -0.711. The molecule has 0 aliphatic carbocycles. The van der Waals surface area contributed by atoms with Crippen molar-refractivity contribution in [3.8, 4) is 5.75 Å². The van der Waals surface area contributed by atoms with Gasteiger partial charge in [-0.15, -0.1) is 0 Å². The highest BCUT2D eigenvalue weighted by atomic mass is 16.5. The summed E-state index contributed by atoms with van der Waals surface area (Å²) < 4.78 is 5.59. The van der Waals surface area contributed by atoms with Gasteiger partial charge in [-0.05, 0) is 54.3 Å². The smallest absolute Gasteiger partial charge is 0.335 e. The number of urea groups is 1. The molecule has 1 heterocycles. The first-order valence-electron chi connectivity index (χ1n) is 9.26. The number of barbiturate groups is 1. The highest BCUT2D eigenvalue weighted by molar-refractivity contribution is 6.39. The maximum absolute atomic E-state index is 12.9. The van der Waals surface area contributed by atoms with E-state index in [0.29, 0.717) is 23.6 Å². The van der Waals surface area contributed by atoms with Gasteiger partial charge in [0.2, 0.25) is 0 Å². The molecule has 0 aromatic heterocycles. The summed E-state index contributed by atoms with van der Waals surface area (Å²) in [6.07, 6.45) is 3.19. The molecule has 2 aromatic rings. The molecule has 1 N–H and O–H groups in total. The lowest BCUT2D eigenvalue weighted by molar-refractivity contribution is -0.122. The van der Waals surface area contributed by atoms with Crippen LogP contribution >= 0.6 is 0 Å². The monoisotopic (exact) mass is 378 g/mol. The Morgan fingerprint density at radius 3 is 2.46 bits per heavy atom. The number of benzene rings is 2. The zero-order valence-corrected chi connectivity index (χ0v) is 15.9. The van der Waals surface area contributed by atoms with Gasteiger partial charge >= 0.3 is 6.03 Å². The second-order valence-corrected chi connectivity index (χ2v) is 6.40. The summed E-state index contributed by atoms with van der Waals surface area (Å²) in [4.78, 5) is 38.4. The molecule has 0 atom stereocenters. The van der Waals surface area contributed by atoms with Crippen molar-refractivity contribution in [2.75, 3.05) is 11.5 Å². The van der Waals surface area contributed by atoms with Gasteiger partial charge in [0.05, 0.1) is 12.3 Å². The Morgan fingerprint density at radius 1 is 1.04 bits per heavy atom. The third-order valence-corrected chi connectivity index (χ3v) is 4.35. The Hall–Kier alpha value is -3.41. The van der Waals surface area contributed by atoms with E-state index < -0.39 is 17.8 Å². The van der Waals surface area contributed by atoms with E-state index in [1.807, 2.05) is 32.0 Å². The molecule has 0 bridgehead atoms. The Labute approximate surface area is 163 Å². The first kappa shape index (κ1) is 19.4. The molecule has 4 amide bonds. The summed E-state index contributed by atoms with van der Waals surface area (Å²) >= 11 is 0. The van der Waals surface area contributed by atoms with E-state index in [1.54, 1.807) is 30.3 Å². The summed E-state index contributed by atoms with van der Waals surface area (Å²) in [5.41, 5.74) is 2.04. The molecule has 6 nitrogen and oxygen atoms in total. The molecule has 28 heavy (non-hydrogen) atoms. The fourth-order valence-electron chi connectivity index (χ4n) is 2.85. The van der Waals surface area contributed by atoms with Crippen LogP contribution in [0.15, 0.2) is 54.1 Å². The summed E-state index contributed by atoms with van der Waals surface area (Å²) in [6.45, 7) is 4.61. The van der Waals surface area contributed by atoms with Crippen molar-refractivity contribution in [3.05, 3.63) is 65.2 Å². The van der Waals surface area contributed by atoms with Gasteiger partial charge in [-0.2, -0.15) is 0 Å². The predicted octanol–water partition coefficient (Wildman–Crippen LogP) is 3.70. The molecule has 2 aromatic carbocycles. The number of nitrogens with zero attached hydrogens (tertiary/aromatic N) is 1. The van der Waals surface area contributed by atoms with Crippen LogP contribution in [-0.2, 0) is 16.0 Å². The number of nitrogens with one attached hydrogen (secondary N) is 1. The predicted molar refractivity (Wildman–Crippen MR) is 107 cm³/mol. The molecule has 1 aliphatic rings. The Kier molecular flexibility index (Phi) is 5.89. The minimum Gasteiger partial charge on any atom is -0.494 e. The molecule has 1 fully saturated rings. The SMILES string of the molecule is CCCOc1cccc(/C=C2/C(=O)NC(=O)N(c3ccc(CC)cc3)C2=O)c1. The first-order valence-corrected chi connectivity index (χ1v) is 9.26. The largest absolute Gasteiger partial charge is 0.494 e. The molecular weight excluding hydrogens is 356 g/mol. The molecule has 0 saturated carbocycles. The average Bonchev–Trinajstić information content (AvgIpc) is 2.70. The van der Waals surface area contributed by atoms with Crippen LogP contribution in [0.4, 0.5) is 10.5 Å². The summed E-state index contributed by atoms with van der Waals surface area (Å²) in [5, 5.41) is 2.23. The van der Waals surface area contributed by atoms with Crippen LogP contribution in [0, 0.1) is 0 Å². The molecule has 1 aliphatic heterocycles. The van der Waals surface area contributed by atoms with Crippen molar-refractivity contribution in [2.45, 2.75) is 26.7 Å². The Balaban J connectivity index is 1.92. The first-order chi connectivity index (χ1) is 13.5. The van der Waals surface area contributed by atoms with Gasteiger partial charge in [0.25, 0.3) is 11.8 Å². The van der Waals surface area contributed by atoms with Crippen LogP contribution in [0.25, 0.3) is 6.08 Å². The Morgan fingerprint density at radius 2 is 1.79 bits per heavy atom. The summed E-state index contributed by atoms with van der Waals surface area (Å²) in [6, 6.07) is 13.5. The van der Waals surface area contributed by atoms with Crippen LogP contribution in [0.3, 0.4) is 0 Å². The van der Waals surface area contributed by atoms with E-state index in [2.05, 4.69) is 5.32 Å². The number of anilines is 1. The van der Waals surface area contributed by atoms with Crippen LogP contribution in [0.5, 0.6) is 5.75 Å². The van der Waals surface area contributed by atoms with E-state index in [9.17, 15) is 14.4 Å². The number of aryl methyl sites for hydroxylation is 1. The number of hydrogen-bond donors (Lipinski definition) is 1. The third-order valence-electron chi connectivity index (χ3n) is 4.35. The zero-order chi connectivity index (χ0) is 20.1. The quantitative estimate of drug-likeness (QED) is 0.614. The van der Waals surface area contributed by atoms with Gasteiger partial charge in [0.15, 0.2) is 0 Å². The molecule has 0 radical (unpaired) electrons. The molecule has 6 heteroatoms. The van der Waals surface area contributed by atoms with Crippen molar-refractivity contribution < 1.29 is 19.1 Å². The second kappa shape index (κ2) is 8.52. The van der Waals surface area contributed by atoms with Crippen LogP contribution in [0.2, 0.25) is 0 Å². The topological polar surface area (TPSA) is 75.7 Å². The van der Waals surface area contributed by atoms with Gasteiger partial charge < -0.3 is 4.74 Å². The standard InChI is InChI=1S/C22H22N2O4/c1-3-12-28-18-7-5-6-16(13-18)14-19-20(25)23-22(27)24(21(19)26)17-10-8-15(4-2)9-11-17/h5-11,13-14H,3-4,12H2,1-2H3,(H,23,25,27)/b19-14-. The van der Waals surface area contributed by atoms with E-state index in [0.717, 1.165) is 23.3 Å². The molecule has 0 unspecified atom stereocenters. The van der Waals surface area contributed by atoms with Gasteiger partial charge in [-0.25, -0.2) is 9.69 Å². The van der Waals surface area contributed by atoms with E-state index in [-0.39, 0.29) is 5.57 Å². The van der Waals surface area contributed by atoms with Crippen molar-refractivity contribution in [1.82, 2.24) is 5.32 Å². The number of hydrogen-bond acceptors (Lipinski definition) is 4. The minimum atomic E-state index is -0.753. The summed E-state index contributed by atoms with van der Waals surface area (Å²) in [7, 11) is 0. The van der Waals surface area contributed by atoms with Gasteiger partial charge in [-0.3, -0.25) is 14.9 Å². The third kappa shape index (κ3) is 4.11. The molecule has 1 saturated heterocycles. The number of imide groups is 2. The average molecular weight is 378 g/mol. The highest BCUT2D eigenvalue weighted by Gasteiger charge is 2.36. The lowest BCUT2D eigenvalue weighted by Crippen LogP contribution is -2.54. The zero-order valence-electron chi connectivity index (χ0n) is 15.9. The van der Waals surface area contributed by atoms with Gasteiger partial charge in [0, 0.05) is 0 Å². The number of carbonyl (C=O) groups excluding carboxylic acids is 3. The fourth-order valence-corrected chi connectivity index (χ4v) is 2.85. The molecule has 3 rings (SSSR count). The normalized spacial score (nSPS) is 15.7. The van der Waals surface area contributed by atoms with E-state index in [4.69, 9.17) is 4.74 Å². The lowest BCUT2D eigenvalue weighted by Gasteiger charge is -2.26. The molecule has 0 spiro atoms. The molecular formula is C22H22N2O4. The lowest BCUT2D eigenvalue weighted by atomic mass is 10.1. The minimum absolute atomic E-state index is 0.105. The maximum Gasteiger partial charge on any atom is 0.335 e. The van der Waals surface area contributed by atoms with E-state index >= 15 is 0 Å². The van der Waals surface area contributed by atoms with Crippen LogP contribution < -0.4 is 15.0 Å². The second-order valence-electron chi connectivity index (χ2n) is 6.40. The van der Waals surface area contributed by atoms with Crippen molar-refractivity contribution in [3.63, 3.8) is 0 Å². The Bertz CT molecular complexity index is 932. The van der Waals surface area contributed by atoms with Crippen LogP contribution in [0.1, 0.15) is 31.4 Å². The van der Waals surface area contributed by atoms with Gasteiger partial charge in [0.1, 0.15) is 11.3 Å². The van der Waals surface area contributed by atoms with Crippen molar-refractivity contribution in [1.29, 1.82) is 0 Å². The number of carbonyl (C=O) groups is 3. The number of amides is 4. The number of ether oxygens (including phenoxy) is 1.